The summed E-state index contributed by atoms with van der Waals surface area (Å²) in [4.78, 5) is 19.9. The van der Waals surface area contributed by atoms with Crippen molar-refractivity contribution in [2.45, 2.75) is 31.8 Å². The molecule has 5 nitrogen and oxygen atoms in total. The van der Waals surface area contributed by atoms with E-state index >= 15 is 0 Å². The molecule has 1 unspecified atom stereocenters. The molecule has 0 saturated carbocycles. The van der Waals surface area contributed by atoms with Gasteiger partial charge in [0, 0.05) is 12.7 Å². The second kappa shape index (κ2) is 5.72. The molecule has 1 aliphatic rings. The number of carbonyl (C=O) groups is 1. The normalized spacial score (nSPS) is 19.9. The summed E-state index contributed by atoms with van der Waals surface area (Å²) in [6, 6.07) is 1.68. The number of nitrogens with zero attached hydrogens (tertiary/aromatic N) is 2. The molecule has 1 aliphatic heterocycles. The van der Waals surface area contributed by atoms with E-state index < -0.39 is 0 Å². The summed E-state index contributed by atoms with van der Waals surface area (Å²) in [6.45, 7) is 0.684. The Morgan fingerprint density at radius 1 is 1.53 bits per heavy atom. The summed E-state index contributed by atoms with van der Waals surface area (Å²) in [5.74, 6) is 0.567. The van der Waals surface area contributed by atoms with Gasteiger partial charge >= 0.3 is 0 Å². The van der Waals surface area contributed by atoms with Gasteiger partial charge in [0.1, 0.15) is 12.4 Å². The van der Waals surface area contributed by atoms with Crippen molar-refractivity contribution in [2.24, 2.45) is 0 Å². The van der Waals surface area contributed by atoms with Gasteiger partial charge in [-0.05, 0) is 19.3 Å². The fourth-order valence-corrected chi connectivity index (χ4v) is 1.87. The van der Waals surface area contributed by atoms with Crippen molar-refractivity contribution in [3.05, 3.63) is 18.1 Å². The van der Waals surface area contributed by atoms with Crippen molar-refractivity contribution in [3.8, 4) is 5.88 Å². The van der Waals surface area contributed by atoms with Crippen molar-refractivity contribution >= 4 is 5.78 Å². The van der Waals surface area contributed by atoms with Gasteiger partial charge in [-0.25, -0.2) is 9.97 Å². The molecular weight excluding hydrogens is 220 g/mol. The standard InChI is InChI=1S/C12H16N2O3/c1-16-12-7-9(13-8-14-12)6-10(15)11-4-2-3-5-17-11/h7-8,11H,2-6H2,1H3. The van der Waals surface area contributed by atoms with Crippen LogP contribution in [0.4, 0.5) is 0 Å². The van der Waals surface area contributed by atoms with Gasteiger partial charge in [-0.3, -0.25) is 4.79 Å². The quantitative estimate of drug-likeness (QED) is 0.785. The first-order chi connectivity index (χ1) is 8.29. The minimum absolute atomic E-state index is 0.0884. The average molecular weight is 236 g/mol. The topological polar surface area (TPSA) is 61.3 Å². The Kier molecular flexibility index (Phi) is 4.03. The zero-order valence-corrected chi connectivity index (χ0v) is 9.89. The SMILES string of the molecule is COc1cc(CC(=O)C2CCCCO2)ncn1. The lowest BCUT2D eigenvalue weighted by molar-refractivity contribution is -0.132. The lowest BCUT2D eigenvalue weighted by Gasteiger charge is -2.21. The molecule has 2 rings (SSSR count). The van der Waals surface area contributed by atoms with E-state index in [-0.39, 0.29) is 18.3 Å². The molecule has 0 aliphatic carbocycles. The molecule has 92 valence electrons. The van der Waals surface area contributed by atoms with Crippen LogP contribution in [0.5, 0.6) is 5.88 Å². The average Bonchev–Trinajstić information content (AvgIpc) is 2.40. The van der Waals surface area contributed by atoms with E-state index in [2.05, 4.69) is 9.97 Å². The van der Waals surface area contributed by atoms with Crippen molar-refractivity contribution in [3.63, 3.8) is 0 Å². The first kappa shape index (κ1) is 12.0. The molecule has 1 atom stereocenters. The summed E-state index contributed by atoms with van der Waals surface area (Å²) in [5.41, 5.74) is 0.677. The van der Waals surface area contributed by atoms with Crippen LogP contribution in [0.2, 0.25) is 0 Å². The van der Waals surface area contributed by atoms with Crippen LogP contribution >= 0.6 is 0 Å². The number of hydrogen-bond acceptors (Lipinski definition) is 5. The zero-order valence-electron chi connectivity index (χ0n) is 9.89. The number of ether oxygens (including phenoxy) is 2. The Labute approximate surface area is 100 Å². The molecule has 1 aromatic rings. The summed E-state index contributed by atoms with van der Waals surface area (Å²) < 4.78 is 10.4. The lowest BCUT2D eigenvalue weighted by atomic mass is 10.0. The van der Waals surface area contributed by atoms with Gasteiger partial charge in [0.2, 0.25) is 5.88 Å². The van der Waals surface area contributed by atoms with Crippen LogP contribution in [0.1, 0.15) is 25.0 Å². The Balaban J connectivity index is 1.96. The molecule has 0 aromatic carbocycles. The third-order valence-electron chi connectivity index (χ3n) is 2.80. The molecule has 0 spiro atoms. The van der Waals surface area contributed by atoms with E-state index in [4.69, 9.17) is 9.47 Å². The summed E-state index contributed by atoms with van der Waals surface area (Å²) >= 11 is 0. The monoisotopic (exact) mass is 236 g/mol. The van der Waals surface area contributed by atoms with Gasteiger partial charge in [0.05, 0.1) is 19.2 Å². The van der Waals surface area contributed by atoms with Gasteiger partial charge in [-0.1, -0.05) is 0 Å². The number of methoxy groups -OCH3 is 1. The van der Waals surface area contributed by atoms with E-state index in [0.29, 0.717) is 18.2 Å². The first-order valence-electron chi connectivity index (χ1n) is 5.79. The molecule has 1 saturated heterocycles. The molecule has 0 radical (unpaired) electrons. The molecular formula is C12H16N2O3. The van der Waals surface area contributed by atoms with E-state index in [1.165, 1.54) is 13.4 Å². The highest BCUT2D eigenvalue weighted by molar-refractivity contribution is 5.84. The van der Waals surface area contributed by atoms with E-state index in [1.807, 2.05) is 0 Å². The molecule has 0 amide bonds. The molecule has 5 heteroatoms. The predicted molar refractivity (Wildman–Crippen MR) is 60.9 cm³/mol. The number of hydrogen-bond donors (Lipinski definition) is 0. The largest absolute Gasteiger partial charge is 0.481 e. The van der Waals surface area contributed by atoms with Crippen LogP contribution in [-0.4, -0.2) is 35.6 Å². The number of aromatic nitrogens is 2. The second-order valence-electron chi connectivity index (χ2n) is 4.05. The predicted octanol–water partition coefficient (Wildman–Crippen LogP) is 1.17. The van der Waals surface area contributed by atoms with E-state index in [9.17, 15) is 4.79 Å². The van der Waals surface area contributed by atoms with Gasteiger partial charge in [-0.15, -0.1) is 0 Å². The van der Waals surface area contributed by atoms with Crippen molar-refractivity contribution in [2.75, 3.05) is 13.7 Å². The van der Waals surface area contributed by atoms with Crippen molar-refractivity contribution in [1.29, 1.82) is 0 Å². The number of carbonyl (C=O) groups excluding carboxylic acids is 1. The van der Waals surface area contributed by atoms with Crippen LogP contribution < -0.4 is 4.74 Å². The van der Waals surface area contributed by atoms with Crippen LogP contribution in [0.25, 0.3) is 0 Å². The van der Waals surface area contributed by atoms with Gasteiger partial charge in [-0.2, -0.15) is 0 Å². The summed E-state index contributed by atoms with van der Waals surface area (Å²) in [6.07, 6.45) is 4.35. The number of rotatable bonds is 4. The Morgan fingerprint density at radius 2 is 2.41 bits per heavy atom. The lowest BCUT2D eigenvalue weighted by Crippen LogP contribution is -2.29. The maximum Gasteiger partial charge on any atom is 0.216 e. The fourth-order valence-electron chi connectivity index (χ4n) is 1.87. The first-order valence-corrected chi connectivity index (χ1v) is 5.79. The van der Waals surface area contributed by atoms with E-state index in [1.54, 1.807) is 6.07 Å². The highest BCUT2D eigenvalue weighted by Crippen LogP contribution is 2.15. The van der Waals surface area contributed by atoms with Crippen LogP contribution in [0, 0.1) is 0 Å². The van der Waals surface area contributed by atoms with Crippen LogP contribution in [-0.2, 0) is 16.0 Å². The van der Waals surface area contributed by atoms with Crippen molar-refractivity contribution < 1.29 is 14.3 Å². The van der Waals surface area contributed by atoms with E-state index in [0.717, 1.165) is 19.3 Å². The molecule has 0 N–H and O–H groups in total. The van der Waals surface area contributed by atoms with Crippen molar-refractivity contribution in [1.82, 2.24) is 9.97 Å². The van der Waals surface area contributed by atoms with Crippen LogP contribution in [0.3, 0.4) is 0 Å². The highest BCUT2D eigenvalue weighted by Gasteiger charge is 2.22. The highest BCUT2D eigenvalue weighted by atomic mass is 16.5. The Morgan fingerprint density at radius 3 is 3.12 bits per heavy atom. The molecule has 1 aromatic heterocycles. The third kappa shape index (κ3) is 3.23. The molecule has 1 fully saturated rings. The van der Waals surface area contributed by atoms with Gasteiger partial charge in [0.25, 0.3) is 0 Å². The fraction of sp³-hybridized carbons (Fsp3) is 0.583. The van der Waals surface area contributed by atoms with Gasteiger partial charge in [0.15, 0.2) is 5.78 Å². The zero-order chi connectivity index (χ0) is 12.1. The number of ketones is 1. The van der Waals surface area contributed by atoms with Gasteiger partial charge < -0.3 is 9.47 Å². The smallest absolute Gasteiger partial charge is 0.216 e. The summed E-state index contributed by atoms with van der Waals surface area (Å²) in [5, 5.41) is 0. The molecule has 17 heavy (non-hydrogen) atoms. The minimum Gasteiger partial charge on any atom is -0.481 e. The third-order valence-corrected chi connectivity index (χ3v) is 2.80. The van der Waals surface area contributed by atoms with Crippen LogP contribution in [0.15, 0.2) is 12.4 Å². The Hall–Kier alpha value is -1.49. The summed E-state index contributed by atoms with van der Waals surface area (Å²) in [7, 11) is 1.54. The molecule has 2 heterocycles. The maximum absolute atomic E-state index is 11.9. The molecule has 0 bridgehead atoms. The second-order valence-corrected chi connectivity index (χ2v) is 4.05. The minimum atomic E-state index is -0.260. The Bertz CT molecular complexity index is 389. The number of Topliss-reactive ketones (excluding diaryl/α,β-unsaturated/α-hetero) is 1. The maximum atomic E-state index is 11.9.